The predicted molar refractivity (Wildman–Crippen MR) is 118 cm³/mol. The summed E-state index contributed by atoms with van der Waals surface area (Å²) in [7, 11) is 3.50. The van der Waals surface area contributed by atoms with Crippen LogP contribution in [-0.4, -0.2) is 74.5 Å². The van der Waals surface area contributed by atoms with Gasteiger partial charge >= 0.3 is 0 Å². The van der Waals surface area contributed by atoms with Crippen molar-refractivity contribution >= 4 is 59.4 Å². The van der Waals surface area contributed by atoms with Crippen LogP contribution in [0.15, 0.2) is 4.99 Å². The van der Waals surface area contributed by atoms with Crippen molar-refractivity contribution in [1.82, 2.24) is 15.5 Å². The van der Waals surface area contributed by atoms with Gasteiger partial charge < -0.3 is 15.5 Å². The summed E-state index contributed by atoms with van der Waals surface area (Å²) >= 11 is 3.70. The average molecular weight is 476 g/mol. The lowest BCUT2D eigenvalue weighted by molar-refractivity contribution is -0.127. The number of amides is 1. The molecule has 0 spiro atoms. The highest BCUT2D eigenvalue weighted by Gasteiger charge is 2.04. The Balaban J connectivity index is 0. The molecule has 0 bridgehead atoms. The van der Waals surface area contributed by atoms with Crippen molar-refractivity contribution in [3.63, 3.8) is 0 Å². The van der Waals surface area contributed by atoms with E-state index in [0.29, 0.717) is 0 Å². The van der Waals surface area contributed by atoms with E-state index in [1.165, 1.54) is 25.0 Å². The maximum absolute atomic E-state index is 11.6. The highest BCUT2D eigenvalue weighted by molar-refractivity contribution is 14.0. The number of likely N-dealkylation sites (N-methyl/N-ethyl adjacent to an activating group) is 1. The molecule has 8 heteroatoms. The first kappa shape index (κ1) is 25.4. The number of carbonyl (C=O) groups is 1. The molecule has 2 N–H and O–H groups in total. The Bertz CT molecular complexity index is 318. The molecule has 0 saturated heterocycles. The quantitative estimate of drug-likeness (QED) is 0.196. The van der Waals surface area contributed by atoms with E-state index in [-0.39, 0.29) is 36.4 Å². The van der Waals surface area contributed by atoms with E-state index in [9.17, 15) is 4.79 Å². The molecule has 5 nitrogen and oxygen atoms in total. The summed E-state index contributed by atoms with van der Waals surface area (Å²) in [6.07, 6.45) is 9.19. The van der Waals surface area contributed by atoms with Crippen LogP contribution in [0.25, 0.3) is 0 Å². The number of guanidine groups is 1. The number of halogens is 1. The Labute approximate surface area is 167 Å². The van der Waals surface area contributed by atoms with E-state index in [2.05, 4.69) is 28.1 Å². The molecule has 0 aliphatic rings. The minimum Gasteiger partial charge on any atom is -0.356 e. The standard InChI is InChI=1S/C15H32N4OS2.HI/c1-19(2)14(20)13-18-15(17-10-12-22-4)16-9-7-5-6-8-11-21-3;/h5-13H2,1-4H3,(H2,16,17,18);1H. The molecular weight excluding hydrogens is 443 g/mol. The first-order valence-electron chi connectivity index (χ1n) is 7.82. The fourth-order valence-corrected chi connectivity index (χ4v) is 2.46. The van der Waals surface area contributed by atoms with Crippen LogP contribution in [0, 0.1) is 0 Å². The van der Waals surface area contributed by atoms with Crippen LogP contribution in [-0.2, 0) is 4.79 Å². The highest BCUT2D eigenvalue weighted by Crippen LogP contribution is 2.03. The Kier molecular flexibility index (Phi) is 20.4. The molecule has 0 aliphatic carbocycles. The zero-order valence-electron chi connectivity index (χ0n) is 14.9. The van der Waals surface area contributed by atoms with E-state index in [1.807, 2.05) is 11.8 Å². The normalized spacial score (nSPS) is 10.9. The molecule has 138 valence electrons. The molecule has 0 aromatic carbocycles. The maximum Gasteiger partial charge on any atom is 0.243 e. The summed E-state index contributed by atoms with van der Waals surface area (Å²) in [6, 6.07) is 0. The maximum atomic E-state index is 11.6. The van der Waals surface area contributed by atoms with Gasteiger partial charge in [-0.15, -0.1) is 24.0 Å². The van der Waals surface area contributed by atoms with Crippen LogP contribution in [0.2, 0.25) is 0 Å². The summed E-state index contributed by atoms with van der Waals surface area (Å²) in [5, 5.41) is 6.59. The first-order chi connectivity index (χ1) is 10.6. The zero-order chi connectivity index (χ0) is 16.6. The third-order valence-electron chi connectivity index (χ3n) is 3.04. The smallest absolute Gasteiger partial charge is 0.243 e. The molecule has 0 aromatic rings. The summed E-state index contributed by atoms with van der Waals surface area (Å²) in [5.74, 6) is 3.04. The molecule has 1 amide bonds. The number of carbonyl (C=O) groups excluding carboxylic acids is 1. The number of hydrogen-bond acceptors (Lipinski definition) is 4. The lowest BCUT2D eigenvalue weighted by Gasteiger charge is -2.13. The number of nitrogens with zero attached hydrogens (tertiary/aromatic N) is 2. The molecule has 0 aliphatic heterocycles. The van der Waals surface area contributed by atoms with Gasteiger partial charge in [0.25, 0.3) is 0 Å². The van der Waals surface area contributed by atoms with E-state index < -0.39 is 0 Å². The molecule has 0 radical (unpaired) electrons. The SMILES string of the molecule is CSCCCCCCNC(=NCC(=O)N(C)C)NCCSC.I. The highest BCUT2D eigenvalue weighted by atomic mass is 127. The molecule has 23 heavy (non-hydrogen) atoms. The van der Waals surface area contributed by atoms with E-state index in [0.717, 1.165) is 31.2 Å². The fraction of sp³-hybridized carbons (Fsp3) is 0.867. The average Bonchev–Trinajstić information content (AvgIpc) is 2.50. The number of aliphatic imine (C=N–C) groups is 1. The molecule has 0 aromatic heterocycles. The van der Waals surface area contributed by atoms with Gasteiger partial charge in [0.05, 0.1) is 0 Å². The fourth-order valence-electron chi connectivity index (χ4n) is 1.67. The van der Waals surface area contributed by atoms with Crippen molar-refractivity contribution in [2.45, 2.75) is 25.7 Å². The second kappa shape index (κ2) is 18.5. The van der Waals surface area contributed by atoms with Crippen LogP contribution < -0.4 is 10.6 Å². The Hall–Kier alpha value is 0.170. The van der Waals surface area contributed by atoms with Gasteiger partial charge in [0.15, 0.2) is 5.96 Å². The van der Waals surface area contributed by atoms with E-state index >= 15 is 0 Å². The molecule has 0 atom stereocenters. The van der Waals surface area contributed by atoms with Gasteiger partial charge in [0.2, 0.25) is 5.91 Å². The van der Waals surface area contributed by atoms with Gasteiger partial charge in [0, 0.05) is 32.9 Å². The minimum atomic E-state index is 0. The van der Waals surface area contributed by atoms with Crippen LogP contribution in [0.5, 0.6) is 0 Å². The van der Waals surface area contributed by atoms with Gasteiger partial charge in [-0.3, -0.25) is 4.79 Å². The van der Waals surface area contributed by atoms with Crippen LogP contribution in [0.4, 0.5) is 0 Å². The first-order valence-corrected chi connectivity index (χ1v) is 10.6. The van der Waals surface area contributed by atoms with Gasteiger partial charge in [-0.1, -0.05) is 12.8 Å². The Morgan fingerprint density at radius 1 is 0.957 bits per heavy atom. The van der Waals surface area contributed by atoms with Crippen LogP contribution >= 0.6 is 47.5 Å². The van der Waals surface area contributed by atoms with Crippen molar-refractivity contribution in [1.29, 1.82) is 0 Å². The molecule has 0 unspecified atom stereocenters. The number of hydrogen-bond donors (Lipinski definition) is 2. The molecular formula is C15H33IN4OS2. The van der Waals surface area contributed by atoms with Gasteiger partial charge in [-0.25, -0.2) is 4.99 Å². The molecule has 0 saturated carbocycles. The van der Waals surface area contributed by atoms with Gasteiger partial charge in [0.1, 0.15) is 6.54 Å². The molecule has 0 rings (SSSR count). The van der Waals surface area contributed by atoms with Crippen molar-refractivity contribution in [2.24, 2.45) is 4.99 Å². The number of nitrogens with one attached hydrogen (secondary N) is 2. The van der Waals surface area contributed by atoms with Crippen LogP contribution in [0.1, 0.15) is 25.7 Å². The number of rotatable bonds is 12. The predicted octanol–water partition coefficient (Wildman–Crippen LogP) is 2.51. The van der Waals surface area contributed by atoms with E-state index in [4.69, 9.17) is 0 Å². The van der Waals surface area contributed by atoms with Crippen molar-refractivity contribution < 1.29 is 4.79 Å². The largest absolute Gasteiger partial charge is 0.356 e. The van der Waals surface area contributed by atoms with Crippen molar-refractivity contribution in [2.75, 3.05) is 57.7 Å². The second-order valence-electron chi connectivity index (χ2n) is 5.21. The zero-order valence-corrected chi connectivity index (χ0v) is 18.9. The third kappa shape index (κ3) is 16.8. The van der Waals surface area contributed by atoms with Crippen molar-refractivity contribution in [3.8, 4) is 0 Å². The Morgan fingerprint density at radius 3 is 2.17 bits per heavy atom. The monoisotopic (exact) mass is 476 g/mol. The van der Waals surface area contributed by atoms with Gasteiger partial charge in [-0.2, -0.15) is 23.5 Å². The van der Waals surface area contributed by atoms with Gasteiger partial charge in [-0.05, 0) is 31.1 Å². The summed E-state index contributed by atoms with van der Waals surface area (Å²) in [6.45, 7) is 1.95. The summed E-state index contributed by atoms with van der Waals surface area (Å²) in [4.78, 5) is 17.5. The Morgan fingerprint density at radius 2 is 1.57 bits per heavy atom. The third-order valence-corrected chi connectivity index (χ3v) is 4.35. The van der Waals surface area contributed by atoms with Crippen LogP contribution in [0.3, 0.4) is 0 Å². The summed E-state index contributed by atoms with van der Waals surface area (Å²) in [5.41, 5.74) is 0. The minimum absolute atomic E-state index is 0. The van der Waals surface area contributed by atoms with Crippen molar-refractivity contribution in [3.05, 3.63) is 0 Å². The molecule has 0 heterocycles. The topological polar surface area (TPSA) is 56.7 Å². The lowest BCUT2D eigenvalue weighted by atomic mass is 10.2. The summed E-state index contributed by atoms with van der Waals surface area (Å²) < 4.78 is 0. The van der Waals surface area contributed by atoms with E-state index in [1.54, 1.807) is 30.8 Å². The lowest BCUT2D eigenvalue weighted by Crippen LogP contribution is -2.40. The number of thioether (sulfide) groups is 2. The second-order valence-corrected chi connectivity index (χ2v) is 7.18. The number of unbranched alkanes of at least 4 members (excludes halogenated alkanes) is 3. The molecule has 0 fully saturated rings.